The third-order valence-electron chi connectivity index (χ3n) is 4.98. The standard InChI is InChI=1S/C23H34N2O10/c1-22(2,3)35-21(29)25-23(6-9-32-10-7-23)19(27)33-11-8-24-20(28)34-18-16(30-4)12-15(14-26)13-17(18)31-5/h12-13,26H,6-11,14H2,1-5H3,(H,24,28)(H,25,29). The summed E-state index contributed by atoms with van der Waals surface area (Å²) in [5.74, 6) is -0.219. The minimum absolute atomic E-state index is 0.0319. The molecule has 1 aliphatic rings. The van der Waals surface area contributed by atoms with Gasteiger partial charge in [0, 0.05) is 26.1 Å². The van der Waals surface area contributed by atoms with Crippen LogP contribution in [0, 0.1) is 0 Å². The van der Waals surface area contributed by atoms with Gasteiger partial charge >= 0.3 is 18.2 Å². The lowest BCUT2D eigenvalue weighted by Crippen LogP contribution is -2.59. The van der Waals surface area contributed by atoms with Crippen LogP contribution in [0.1, 0.15) is 39.2 Å². The van der Waals surface area contributed by atoms with Gasteiger partial charge in [0.15, 0.2) is 11.5 Å². The Balaban J connectivity index is 1.92. The number of aliphatic hydroxyl groups is 1. The number of hydrogen-bond donors (Lipinski definition) is 3. The molecule has 1 aliphatic heterocycles. The van der Waals surface area contributed by atoms with Crippen molar-refractivity contribution in [3.8, 4) is 17.2 Å². The summed E-state index contributed by atoms with van der Waals surface area (Å²) in [4.78, 5) is 37.4. The molecule has 2 amide bonds. The average Bonchev–Trinajstić information content (AvgIpc) is 2.80. The van der Waals surface area contributed by atoms with Gasteiger partial charge in [-0.1, -0.05) is 0 Å². The molecule has 0 unspecified atom stereocenters. The zero-order valence-electron chi connectivity index (χ0n) is 20.7. The van der Waals surface area contributed by atoms with E-state index in [1.807, 2.05) is 0 Å². The summed E-state index contributed by atoms with van der Waals surface area (Å²) in [7, 11) is 2.77. The van der Waals surface area contributed by atoms with Gasteiger partial charge in [-0.3, -0.25) is 0 Å². The maximum atomic E-state index is 12.8. The predicted molar refractivity (Wildman–Crippen MR) is 123 cm³/mol. The number of nitrogens with one attached hydrogen (secondary N) is 2. The molecule has 196 valence electrons. The second-order valence-electron chi connectivity index (χ2n) is 8.76. The van der Waals surface area contributed by atoms with E-state index < -0.39 is 29.3 Å². The highest BCUT2D eigenvalue weighted by Crippen LogP contribution is 2.38. The fourth-order valence-corrected chi connectivity index (χ4v) is 3.29. The van der Waals surface area contributed by atoms with Crippen molar-refractivity contribution in [3.63, 3.8) is 0 Å². The van der Waals surface area contributed by atoms with Crippen molar-refractivity contribution in [2.24, 2.45) is 0 Å². The molecule has 0 bridgehead atoms. The fraction of sp³-hybridized carbons (Fsp3) is 0.609. The van der Waals surface area contributed by atoms with Gasteiger partial charge in [0.05, 0.1) is 27.4 Å². The molecule has 0 aliphatic carbocycles. The zero-order chi connectivity index (χ0) is 26.1. The van der Waals surface area contributed by atoms with Crippen molar-refractivity contribution in [1.29, 1.82) is 0 Å². The molecular formula is C23H34N2O10. The third kappa shape index (κ3) is 8.18. The van der Waals surface area contributed by atoms with E-state index >= 15 is 0 Å². The second-order valence-corrected chi connectivity index (χ2v) is 8.76. The molecule has 1 saturated heterocycles. The van der Waals surface area contributed by atoms with Crippen LogP contribution in [-0.4, -0.2) is 75.0 Å². The first-order chi connectivity index (χ1) is 16.5. The van der Waals surface area contributed by atoms with Crippen LogP contribution in [0.2, 0.25) is 0 Å². The average molecular weight is 499 g/mol. The lowest BCUT2D eigenvalue weighted by Gasteiger charge is -2.36. The van der Waals surface area contributed by atoms with Crippen LogP contribution in [0.4, 0.5) is 9.59 Å². The summed E-state index contributed by atoms with van der Waals surface area (Å²) in [6, 6.07) is 3.02. The van der Waals surface area contributed by atoms with Crippen LogP contribution in [-0.2, 0) is 25.6 Å². The molecule has 1 fully saturated rings. The number of rotatable bonds is 9. The summed E-state index contributed by atoms with van der Waals surface area (Å²) < 4.78 is 31.6. The molecule has 0 aromatic heterocycles. The smallest absolute Gasteiger partial charge is 0.412 e. The molecule has 12 heteroatoms. The first-order valence-electron chi connectivity index (χ1n) is 11.1. The van der Waals surface area contributed by atoms with Crippen LogP contribution in [0.3, 0.4) is 0 Å². The molecule has 35 heavy (non-hydrogen) atoms. The number of amides is 2. The molecule has 1 aromatic rings. The lowest BCUT2D eigenvalue weighted by atomic mass is 9.90. The van der Waals surface area contributed by atoms with Crippen molar-refractivity contribution in [1.82, 2.24) is 10.6 Å². The van der Waals surface area contributed by atoms with Crippen molar-refractivity contribution in [2.45, 2.75) is 51.4 Å². The number of ether oxygens (including phenoxy) is 6. The van der Waals surface area contributed by atoms with Gasteiger partial charge in [-0.25, -0.2) is 14.4 Å². The van der Waals surface area contributed by atoms with Gasteiger partial charge in [-0.15, -0.1) is 0 Å². The highest BCUT2D eigenvalue weighted by atomic mass is 16.6. The second kappa shape index (κ2) is 12.5. The van der Waals surface area contributed by atoms with Gasteiger partial charge in [0.2, 0.25) is 5.75 Å². The number of carbonyl (C=O) groups is 3. The molecule has 0 radical (unpaired) electrons. The number of methoxy groups -OCH3 is 2. The van der Waals surface area contributed by atoms with E-state index in [1.54, 1.807) is 20.8 Å². The highest BCUT2D eigenvalue weighted by Gasteiger charge is 2.44. The largest absolute Gasteiger partial charge is 0.493 e. The Hall–Kier alpha value is -3.25. The Kier molecular flexibility index (Phi) is 9.96. The van der Waals surface area contributed by atoms with Crippen LogP contribution in [0.15, 0.2) is 12.1 Å². The third-order valence-corrected chi connectivity index (χ3v) is 4.98. The van der Waals surface area contributed by atoms with E-state index in [9.17, 15) is 19.5 Å². The molecule has 1 aromatic carbocycles. The Bertz CT molecular complexity index is 866. The van der Waals surface area contributed by atoms with E-state index in [-0.39, 0.29) is 63.1 Å². The van der Waals surface area contributed by atoms with Gasteiger partial charge in [0.1, 0.15) is 17.7 Å². The van der Waals surface area contributed by atoms with Crippen molar-refractivity contribution < 1.29 is 47.9 Å². The predicted octanol–water partition coefficient (Wildman–Crippen LogP) is 1.90. The van der Waals surface area contributed by atoms with E-state index in [0.29, 0.717) is 5.56 Å². The summed E-state index contributed by atoms with van der Waals surface area (Å²) in [5, 5.41) is 14.4. The van der Waals surface area contributed by atoms with Crippen LogP contribution < -0.4 is 24.8 Å². The van der Waals surface area contributed by atoms with Crippen molar-refractivity contribution >= 4 is 18.2 Å². The Morgan fingerprint density at radius 1 is 1.06 bits per heavy atom. The first-order valence-corrected chi connectivity index (χ1v) is 11.1. The molecular weight excluding hydrogens is 464 g/mol. The minimum Gasteiger partial charge on any atom is -0.493 e. The molecule has 0 spiro atoms. The van der Waals surface area contributed by atoms with E-state index in [2.05, 4.69) is 10.6 Å². The Morgan fingerprint density at radius 2 is 1.66 bits per heavy atom. The van der Waals surface area contributed by atoms with Crippen molar-refractivity contribution in [3.05, 3.63) is 17.7 Å². The van der Waals surface area contributed by atoms with Crippen LogP contribution in [0.5, 0.6) is 17.2 Å². The number of esters is 1. The fourth-order valence-electron chi connectivity index (χ4n) is 3.29. The van der Waals surface area contributed by atoms with Gasteiger partial charge in [-0.2, -0.15) is 0 Å². The summed E-state index contributed by atoms with van der Waals surface area (Å²) in [6.45, 7) is 5.24. The number of aliphatic hydroxyl groups excluding tert-OH is 1. The number of alkyl carbamates (subject to hydrolysis) is 1. The summed E-state index contributed by atoms with van der Waals surface area (Å²) in [6.07, 6.45) is -1.11. The Morgan fingerprint density at radius 3 is 2.17 bits per heavy atom. The maximum absolute atomic E-state index is 12.8. The monoisotopic (exact) mass is 498 g/mol. The van der Waals surface area contributed by atoms with Crippen LogP contribution in [0.25, 0.3) is 0 Å². The SMILES string of the molecule is COc1cc(CO)cc(OC)c1OC(=O)NCCOC(=O)C1(NC(=O)OC(C)(C)C)CCOCC1. The lowest BCUT2D eigenvalue weighted by molar-refractivity contribution is -0.155. The molecule has 1 heterocycles. The maximum Gasteiger partial charge on any atom is 0.412 e. The number of hydrogen-bond acceptors (Lipinski definition) is 10. The van der Waals surface area contributed by atoms with Gasteiger partial charge in [0.25, 0.3) is 0 Å². The number of carbonyl (C=O) groups excluding carboxylic acids is 3. The summed E-state index contributed by atoms with van der Waals surface area (Å²) >= 11 is 0. The first kappa shape index (κ1) is 28.0. The van der Waals surface area contributed by atoms with Crippen LogP contribution >= 0.6 is 0 Å². The minimum atomic E-state index is -1.28. The summed E-state index contributed by atoms with van der Waals surface area (Å²) in [5.41, 5.74) is -1.49. The molecule has 12 nitrogen and oxygen atoms in total. The van der Waals surface area contributed by atoms with E-state index in [4.69, 9.17) is 28.4 Å². The number of benzene rings is 1. The highest BCUT2D eigenvalue weighted by molar-refractivity contribution is 5.86. The van der Waals surface area contributed by atoms with E-state index in [0.717, 1.165) is 0 Å². The molecule has 0 atom stereocenters. The molecule has 0 saturated carbocycles. The zero-order valence-corrected chi connectivity index (χ0v) is 20.7. The quantitative estimate of drug-likeness (QED) is 0.340. The molecule has 3 N–H and O–H groups in total. The van der Waals surface area contributed by atoms with E-state index in [1.165, 1.54) is 26.4 Å². The van der Waals surface area contributed by atoms with Gasteiger partial charge in [-0.05, 0) is 38.5 Å². The molecule has 2 rings (SSSR count). The van der Waals surface area contributed by atoms with Crippen molar-refractivity contribution in [2.75, 3.05) is 40.6 Å². The Labute approximate surface area is 204 Å². The van der Waals surface area contributed by atoms with Gasteiger partial charge < -0.3 is 44.2 Å². The topological polar surface area (TPSA) is 151 Å². The normalized spacial score (nSPS) is 14.9.